The summed E-state index contributed by atoms with van der Waals surface area (Å²) in [6.07, 6.45) is 0.500. The van der Waals surface area contributed by atoms with E-state index in [0.717, 1.165) is 11.3 Å². The molecule has 6 nitrogen and oxygen atoms in total. The summed E-state index contributed by atoms with van der Waals surface area (Å²) in [7, 11) is 1.60. The third-order valence-corrected chi connectivity index (χ3v) is 4.29. The van der Waals surface area contributed by atoms with Crippen molar-refractivity contribution in [2.75, 3.05) is 13.7 Å². The lowest BCUT2D eigenvalue weighted by atomic mass is 10.1. The number of carbonyl (C=O) groups is 1. The zero-order chi connectivity index (χ0) is 19.2. The minimum atomic E-state index is -0.0320. The van der Waals surface area contributed by atoms with E-state index in [1.54, 1.807) is 36.3 Å². The van der Waals surface area contributed by atoms with E-state index in [1.807, 2.05) is 44.2 Å². The van der Waals surface area contributed by atoms with Crippen LogP contribution < -0.4 is 4.74 Å². The molecule has 2 aromatic carbocycles. The van der Waals surface area contributed by atoms with E-state index in [0.29, 0.717) is 30.2 Å². The first-order valence-electron chi connectivity index (χ1n) is 8.91. The summed E-state index contributed by atoms with van der Waals surface area (Å²) in [6, 6.07) is 16.8. The average Bonchev–Trinajstić information content (AvgIpc) is 3.17. The number of hydrogen-bond donors (Lipinski definition) is 0. The molecule has 0 radical (unpaired) electrons. The van der Waals surface area contributed by atoms with Crippen molar-refractivity contribution in [3.63, 3.8) is 0 Å². The highest BCUT2D eigenvalue weighted by atomic mass is 16.5. The van der Waals surface area contributed by atoms with Crippen LogP contribution in [0.4, 0.5) is 0 Å². The SMILES string of the molecule is COc1ccc(C(=O)N(CCc2nc(-c3ccccc3)no2)C(C)C)cc1. The fourth-order valence-electron chi connectivity index (χ4n) is 2.77. The predicted octanol–water partition coefficient (Wildman–Crippen LogP) is 3.84. The summed E-state index contributed by atoms with van der Waals surface area (Å²) in [4.78, 5) is 19.1. The van der Waals surface area contributed by atoms with E-state index in [-0.39, 0.29) is 11.9 Å². The van der Waals surface area contributed by atoms with Crippen molar-refractivity contribution in [3.05, 3.63) is 66.1 Å². The maximum Gasteiger partial charge on any atom is 0.254 e. The predicted molar refractivity (Wildman–Crippen MR) is 103 cm³/mol. The fraction of sp³-hybridized carbons (Fsp3) is 0.286. The van der Waals surface area contributed by atoms with Crippen molar-refractivity contribution in [1.29, 1.82) is 0 Å². The van der Waals surface area contributed by atoms with E-state index < -0.39 is 0 Å². The van der Waals surface area contributed by atoms with Crippen LogP contribution in [-0.2, 0) is 6.42 Å². The number of rotatable bonds is 7. The van der Waals surface area contributed by atoms with Crippen molar-refractivity contribution < 1.29 is 14.1 Å². The van der Waals surface area contributed by atoms with Crippen LogP contribution in [0.25, 0.3) is 11.4 Å². The number of ether oxygens (including phenoxy) is 1. The van der Waals surface area contributed by atoms with Crippen LogP contribution in [0.3, 0.4) is 0 Å². The molecule has 1 aromatic heterocycles. The maximum absolute atomic E-state index is 12.9. The molecule has 0 fully saturated rings. The molecule has 0 saturated heterocycles. The van der Waals surface area contributed by atoms with Crippen LogP contribution in [0, 0.1) is 0 Å². The van der Waals surface area contributed by atoms with Crippen molar-refractivity contribution >= 4 is 5.91 Å². The van der Waals surface area contributed by atoms with Crippen LogP contribution in [0.15, 0.2) is 59.1 Å². The number of hydrogen-bond acceptors (Lipinski definition) is 5. The Bertz CT molecular complexity index is 873. The van der Waals surface area contributed by atoms with Crippen LogP contribution in [-0.4, -0.2) is 40.6 Å². The van der Waals surface area contributed by atoms with Gasteiger partial charge in [-0.25, -0.2) is 0 Å². The molecule has 3 aromatic rings. The molecule has 1 heterocycles. The van der Waals surface area contributed by atoms with Gasteiger partial charge in [0.15, 0.2) is 0 Å². The van der Waals surface area contributed by atoms with Crippen LogP contribution >= 0.6 is 0 Å². The quantitative estimate of drug-likeness (QED) is 0.636. The number of aromatic nitrogens is 2. The Kier molecular flexibility index (Phi) is 5.86. The number of benzene rings is 2. The Morgan fingerprint density at radius 2 is 1.81 bits per heavy atom. The molecule has 0 unspecified atom stereocenters. The molecule has 3 rings (SSSR count). The van der Waals surface area contributed by atoms with Gasteiger partial charge in [0.05, 0.1) is 7.11 Å². The normalized spacial score (nSPS) is 10.8. The minimum absolute atomic E-state index is 0.0320. The monoisotopic (exact) mass is 365 g/mol. The molecule has 27 heavy (non-hydrogen) atoms. The molecule has 6 heteroatoms. The molecule has 0 bridgehead atoms. The van der Waals surface area contributed by atoms with Gasteiger partial charge in [-0.1, -0.05) is 35.5 Å². The average molecular weight is 365 g/mol. The molecule has 0 spiro atoms. The first kappa shape index (κ1) is 18.6. The number of nitrogens with zero attached hydrogens (tertiary/aromatic N) is 3. The van der Waals surface area contributed by atoms with E-state index in [4.69, 9.17) is 9.26 Å². The number of carbonyl (C=O) groups excluding carboxylic acids is 1. The van der Waals surface area contributed by atoms with Crippen molar-refractivity contribution in [1.82, 2.24) is 15.0 Å². The van der Waals surface area contributed by atoms with Gasteiger partial charge in [-0.15, -0.1) is 0 Å². The van der Waals surface area contributed by atoms with Gasteiger partial charge in [0.2, 0.25) is 11.7 Å². The molecule has 0 aliphatic heterocycles. The van der Waals surface area contributed by atoms with E-state index in [2.05, 4.69) is 10.1 Å². The third kappa shape index (κ3) is 4.53. The summed E-state index contributed by atoms with van der Waals surface area (Å²) in [5.41, 5.74) is 1.53. The second-order valence-corrected chi connectivity index (χ2v) is 6.45. The smallest absolute Gasteiger partial charge is 0.254 e. The second kappa shape index (κ2) is 8.49. The lowest BCUT2D eigenvalue weighted by Gasteiger charge is -2.26. The largest absolute Gasteiger partial charge is 0.497 e. The number of amides is 1. The van der Waals surface area contributed by atoms with E-state index in [9.17, 15) is 4.79 Å². The molecular formula is C21H23N3O3. The van der Waals surface area contributed by atoms with E-state index in [1.165, 1.54) is 0 Å². The molecule has 1 amide bonds. The Morgan fingerprint density at radius 1 is 1.11 bits per heavy atom. The summed E-state index contributed by atoms with van der Waals surface area (Å²) in [6.45, 7) is 4.48. The Balaban J connectivity index is 1.68. The van der Waals surface area contributed by atoms with Crippen LogP contribution in [0.1, 0.15) is 30.1 Å². The van der Waals surface area contributed by atoms with Gasteiger partial charge >= 0.3 is 0 Å². The van der Waals surface area contributed by atoms with Crippen LogP contribution in [0.5, 0.6) is 5.75 Å². The zero-order valence-electron chi connectivity index (χ0n) is 15.8. The summed E-state index contributed by atoms with van der Waals surface area (Å²) in [5, 5.41) is 4.03. The van der Waals surface area contributed by atoms with Gasteiger partial charge in [-0.2, -0.15) is 4.98 Å². The van der Waals surface area contributed by atoms with Crippen LogP contribution in [0.2, 0.25) is 0 Å². The van der Waals surface area contributed by atoms with Crippen molar-refractivity contribution in [2.45, 2.75) is 26.3 Å². The highest BCUT2D eigenvalue weighted by Crippen LogP contribution is 2.17. The van der Waals surface area contributed by atoms with Gasteiger partial charge in [0.25, 0.3) is 5.91 Å². The van der Waals surface area contributed by atoms with E-state index >= 15 is 0 Å². The van der Waals surface area contributed by atoms with Gasteiger partial charge in [-0.05, 0) is 38.1 Å². The maximum atomic E-state index is 12.9. The first-order chi connectivity index (χ1) is 13.1. The molecule has 140 valence electrons. The standard InChI is InChI=1S/C21H23N3O3/c1-15(2)24(21(25)17-9-11-18(26-3)12-10-17)14-13-19-22-20(23-27-19)16-7-5-4-6-8-16/h4-12,15H,13-14H2,1-3H3. The number of methoxy groups -OCH3 is 1. The topological polar surface area (TPSA) is 68.5 Å². The summed E-state index contributed by atoms with van der Waals surface area (Å²) < 4.78 is 10.5. The minimum Gasteiger partial charge on any atom is -0.497 e. The lowest BCUT2D eigenvalue weighted by molar-refractivity contribution is 0.0704. The van der Waals surface area contributed by atoms with Gasteiger partial charge in [0, 0.05) is 30.1 Å². The highest BCUT2D eigenvalue weighted by Gasteiger charge is 2.20. The molecule has 0 aliphatic carbocycles. The fourth-order valence-corrected chi connectivity index (χ4v) is 2.77. The lowest BCUT2D eigenvalue weighted by Crippen LogP contribution is -2.38. The van der Waals surface area contributed by atoms with Gasteiger partial charge < -0.3 is 14.2 Å². The third-order valence-electron chi connectivity index (χ3n) is 4.29. The summed E-state index contributed by atoms with van der Waals surface area (Å²) in [5.74, 6) is 1.77. The summed E-state index contributed by atoms with van der Waals surface area (Å²) >= 11 is 0. The zero-order valence-corrected chi connectivity index (χ0v) is 15.8. The Morgan fingerprint density at radius 3 is 2.44 bits per heavy atom. The molecule has 0 aliphatic rings. The molecular weight excluding hydrogens is 342 g/mol. The Labute approximate surface area is 158 Å². The molecule has 0 saturated carbocycles. The van der Waals surface area contributed by atoms with Gasteiger partial charge in [-0.3, -0.25) is 4.79 Å². The van der Waals surface area contributed by atoms with Gasteiger partial charge in [0.1, 0.15) is 5.75 Å². The molecule has 0 N–H and O–H groups in total. The highest BCUT2D eigenvalue weighted by molar-refractivity contribution is 5.94. The first-order valence-corrected chi connectivity index (χ1v) is 8.91. The second-order valence-electron chi connectivity index (χ2n) is 6.45. The Hall–Kier alpha value is -3.15. The van der Waals surface area contributed by atoms with Crippen molar-refractivity contribution in [3.8, 4) is 17.1 Å². The molecule has 0 atom stereocenters. The van der Waals surface area contributed by atoms with Crippen molar-refractivity contribution in [2.24, 2.45) is 0 Å².